The van der Waals surface area contributed by atoms with Gasteiger partial charge in [0.1, 0.15) is 5.75 Å². The van der Waals surface area contributed by atoms with Crippen LogP contribution in [0.15, 0.2) is 46.9 Å². The SMILES string of the molecule is COc1ccc(CN2CCN(c3ccccc3C)CC2)cc1Br. The van der Waals surface area contributed by atoms with E-state index >= 15 is 0 Å². The molecule has 1 aliphatic heterocycles. The van der Waals surface area contributed by atoms with Gasteiger partial charge in [-0.3, -0.25) is 4.90 Å². The van der Waals surface area contributed by atoms with Crippen LogP contribution in [-0.4, -0.2) is 38.2 Å². The van der Waals surface area contributed by atoms with Crippen LogP contribution in [-0.2, 0) is 6.54 Å². The molecule has 0 bridgehead atoms. The van der Waals surface area contributed by atoms with Gasteiger partial charge in [-0.25, -0.2) is 0 Å². The van der Waals surface area contributed by atoms with Crippen LogP contribution in [0.4, 0.5) is 5.69 Å². The largest absolute Gasteiger partial charge is 0.496 e. The molecule has 2 aromatic rings. The Hall–Kier alpha value is -1.52. The van der Waals surface area contributed by atoms with Crippen molar-refractivity contribution < 1.29 is 4.74 Å². The molecule has 0 spiro atoms. The van der Waals surface area contributed by atoms with Crippen LogP contribution in [0.1, 0.15) is 11.1 Å². The average molecular weight is 375 g/mol. The molecular weight excluding hydrogens is 352 g/mol. The molecule has 122 valence electrons. The van der Waals surface area contributed by atoms with Gasteiger partial charge in [0.2, 0.25) is 0 Å². The number of aryl methyl sites for hydroxylation is 1. The van der Waals surface area contributed by atoms with Crippen LogP contribution < -0.4 is 9.64 Å². The third-order valence-corrected chi connectivity index (χ3v) is 5.07. The molecule has 4 heteroatoms. The zero-order valence-corrected chi connectivity index (χ0v) is 15.3. The lowest BCUT2D eigenvalue weighted by Crippen LogP contribution is -2.46. The number of methoxy groups -OCH3 is 1. The first-order valence-electron chi connectivity index (χ1n) is 8.03. The number of anilines is 1. The van der Waals surface area contributed by atoms with Crippen LogP contribution in [0.3, 0.4) is 0 Å². The van der Waals surface area contributed by atoms with E-state index in [1.54, 1.807) is 7.11 Å². The van der Waals surface area contributed by atoms with Gasteiger partial charge in [0, 0.05) is 38.4 Å². The third-order valence-electron chi connectivity index (χ3n) is 4.45. The van der Waals surface area contributed by atoms with E-state index in [1.165, 1.54) is 16.8 Å². The Morgan fingerprint density at radius 2 is 1.78 bits per heavy atom. The summed E-state index contributed by atoms with van der Waals surface area (Å²) in [6.45, 7) is 7.54. The number of benzene rings is 2. The van der Waals surface area contributed by atoms with Gasteiger partial charge in [-0.15, -0.1) is 0 Å². The first-order valence-corrected chi connectivity index (χ1v) is 8.82. The molecule has 0 aliphatic carbocycles. The molecule has 0 unspecified atom stereocenters. The van der Waals surface area contributed by atoms with E-state index in [2.05, 4.69) is 69.1 Å². The number of piperazine rings is 1. The summed E-state index contributed by atoms with van der Waals surface area (Å²) in [7, 11) is 1.70. The Labute approximate surface area is 147 Å². The summed E-state index contributed by atoms with van der Waals surface area (Å²) in [6, 6.07) is 15.0. The van der Waals surface area contributed by atoms with Crippen molar-refractivity contribution in [2.75, 3.05) is 38.2 Å². The lowest BCUT2D eigenvalue weighted by atomic mass is 10.1. The van der Waals surface area contributed by atoms with Gasteiger partial charge in [-0.05, 0) is 52.2 Å². The molecule has 23 heavy (non-hydrogen) atoms. The second kappa shape index (κ2) is 7.37. The summed E-state index contributed by atoms with van der Waals surface area (Å²) in [5.41, 5.74) is 4.06. The quantitative estimate of drug-likeness (QED) is 0.801. The monoisotopic (exact) mass is 374 g/mol. The van der Waals surface area contributed by atoms with Crippen molar-refractivity contribution in [2.45, 2.75) is 13.5 Å². The minimum atomic E-state index is 0.887. The van der Waals surface area contributed by atoms with Crippen molar-refractivity contribution in [3.63, 3.8) is 0 Å². The van der Waals surface area contributed by atoms with Gasteiger partial charge in [0.15, 0.2) is 0 Å². The molecule has 0 saturated carbocycles. The van der Waals surface area contributed by atoms with Crippen molar-refractivity contribution in [1.29, 1.82) is 0 Å². The molecule has 3 nitrogen and oxygen atoms in total. The zero-order chi connectivity index (χ0) is 16.2. The Bertz CT molecular complexity index is 666. The average Bonchev–Trinajstić information content (AvgIpc) is 2.56. The van der Waals surface area contributed by atoms with Crippen molar-refractivity contribution in [3.05, 3.63) is 58.1 Å². The first-order chi connectivity index (χ1) is 11.2. The number of hydrogen-bond donors (Lipinski definition) is 0. The molecule has 1 heterocycles. The smallest absolute Gasteiger partial charge is 0.133 e. The molecule has 3 rings (SSSR count). The van der Waals surface area contributed by atoms with Gasteiger partial charge in [0.05, 0.1) is 11.6 Å². The normalized spacial score (nSPS) is 15.7. The van der Waals surface area contributed by atoms with E-state index in [4.69, 9.17) is 4.74 Å². The highest BCUT2D eigenvalue weighted by molar-refractivity contribution is 9.10. The summed E-state index contributed by atoms with van der Waals surface area (Å²) < 4.78 is 6.32. The maximum Gasteiger partial charge on any atom is 0.133 e. The van der Waals surface area contributed by atoms with Gasteiger partial charge < -0.3 is 9.64 Å². The van der Waals surface area contributed by atoms with E-state index in [0.29, 0.717) is 0 Å². The number of rotatable bonds is 4. The summed E-state index contributed by atoms with van der Waals surface area (Å²) >= 11 is 3.57. The number of ether oxygens (including phenoxy) is 1. The van der Waals surface area contributed by atoms with Crippen LogP contribution in [0.5, 0.6) is 5.75 Å². The molecule has 1 aliphatic rings. The highest BCUT2D eigenvalue weighted by atomic mass is 79.9. The van der Waals surface area contributed by atoms with Gasteiger partial charge >= 0.3 is 0 Å². The van der Waals surface area contributed by atoms with E-state index in [-0.39, 0.29) is 0 Å². The summed E-state index contributed by atoms with van der Waals surface area (Å²) in [5.74, 6) is 0.887. The van der Waals surface area contributed by atoms with E-state index < -0.39 is 0 Å². The first kappa shape index (κ1) is 16.3. The second-order valence-electron chi connectivity index (χ2n) is 6.02. The number of hydrogen-bond acceptors (Lipinski definition) is 3. The standard InChI is InChI=1S/C19H23BrN2O/c1-15-5-3-4-6-18(15)22-11-9-21(10-12-22)14-16-7-8-19(23-2)17(20)13-16/h3-8,13H,9-12,14H2,1-2H3. The molecule has 0 aromatic heterocycles. The maximum atomic E-state index is 5.30. The molecular formula is C19H23BrN2O. The van der Waals surface area contributed by atoms with Gasteiger partial charge in [-0.2, -0.15) is 0 Å². The molecule has 0 N–H and O–H groups in total. The fourth-order valence-electron chi connectivity index (χ4n) is 3.13. The van der Waals surface area contributed by atoms with Gasteiger partial charge in [-0.1, -0.05) is 24.3 Å². The molecule has 0 atom stereocenters. The summed E-state index contributed by atoms with van der Waals surface area (Å²) in [6.07, 6.45) is 0. The van der Waals surface area contributed by atoms with Crippen molar-refractivity contribution in [3.8, 4) is 5.75 Å². The topological polar surface area (TPSA) is 15.7 Å². The van der Waals surface area contributed by atoms with Gasteiger partial charge in [0.25, 0.3) is 0 Å². The molecule has 0 amide bonds. The van der Waals surface area contributed by atoms with E-state index in [9.17, 15) is 0 Å². The fourth-order valence-corrected chi connectivity index (χ4v) is 3.72. The number of halogens is 1. The molecule has 1 saturated heterocycles. The lowest BCUT2D eigenvalue weighted by Gasteiger charge is -2.36. The zero-order valence-electron chi connectivity index (χ0n) is 13.8. The Kier molecular flexibility index (Phi) is 5.23. The van der Waals surface area contributed by atoms with Crippen LogP contribution in [0.25, 0.3) is 0 Å². The maximum absolute atomic E-state index is 5.30. The Balaban J connectivity index is 1.59. The Morgan fingerprint density at radius 3 is 2.43 bits per heavy atom. The molecule has 2 aromatic carbocycles. The molecule has 0 radical (unpaired) electrons. The van der Waals surface area contributed by atoms with Crippen LogP contribution in [0.2, 0.25) is 0 Å². The van der Waals surface area contributed by atoms with Crippen molar-refractivity contribution in [2.24, 2.45) is 0 Å². The van der Waals surface area contributed by atoms with E-state index in [1.807, 2.05) is 6.07 Å². The fraction of sp³-hybridized carbons (Fsp3) is 0.368. The minimum absolute atomic E-state index is 0.887. The lowest BCUT2D eigenvalue weighted by molar-refractivity contribution is 0.249. The van der Waals surface area contributed by atoms with Crippen molar-refractivity contribution >= 4 is 21.6 Å². The minimum Gasteiger partial charge on any atom is -0.496 e. The highest BCUT2D eigenvalue weighted by Gasteiger charge is 2.18. The Morgan fingerprint density at radius 1 is 1.04 bits per heavy atom. The summed E-state index contributed by atoms with van der Waals surface area (Å²) in [5, 5.41) is 0. The van der Waals surface area contributed by atoms with Crippen molar-refractivity contribution in [1.82, 2.24) is 4.90 Å². The second-order valence-corrected chi connectivity index (χ2v) is 6.87. The molecule has 1 fully saturated rings. The van der Waals surface area contributed by atoms with Crippen LogP contribution >= 0.6 is 15.9 Å². The highest BCUT2D eigenvalue weighted by Crippen LogP contribution is 2.26. The summed E-state index contributed by atoms with van der Waals surface area (Å²) in [4.78, 5) is 5.01. The number of nitrogens with zero attached hydrogens (tertiary/aromatic N) is 2. The number of para-hydroxylation sites is 1. The van der Waals surface area contributed by atoms with Crippen LogP contribution in [0, 0.1) is 6.92 Å². The predicted molar refractivity (Wildman–Crippen MR) is 99.4 cm³/mol. The third kappa shape index (κ3) is 3.88. The predicted octanol–water partition coefficient (Wildman–Crippen LogP) is 4.09. The van der Waals surface area contributed by atoms with E-state index in [0.717, 1.165) is 42.9 Å².